The van der Waals surface area contributed by atoms with Crippen molar-refractivity contribution in [1.29, 1.82) is 0 Å². The number of rotatable bonds is 3. The third-order valence-electron chi connectivity index (χ3n) is 1.98. The molecule has 0 fully saturated rings. The number of hydrogen-bond acceptors (Lipinski definition) is 1. The summed E-state index contributed by atoms with van der Waals surface area (Å²) in [5.41, 5.74) is 8.34. The molecule has 0 aliphatic heterocycles. The Labute approximate surface area is 99.9 Å². The van der Waals surface area contributed by atoms with Crippen LogP contribution in [0.5, 0.6) is 0 Å². The monoisotopic (exact) mass is 275 g/mol. The summed E-state index contributed by atoms with van der Waals surface area (Å²) in [4.78, 5) is 0. The van der Waals surface area contributed by atoms with Gasteiger partial charge in [-0.05, 0) is 30.5 Å². The highest BCUT2D eigenvalue weighted by Crippen LogP contribution is 2.25. The van der Waals surface area contributed by atoms with Crippen LogP contribution in [0.15, 0.2) is 35.3 Å². The second kappa shape index (κ2) is 6.23. The van der Waals surface area contributed by atoms with Crippen LogP contribution in [0.2, 0.25) is 0 Å². The van der Waals surface area contributed by atoms with Crippen molar-refractivity contribution in [2.75, 3.05) is 0 Å². The average Bonchev–Trinajstić information content (AvgIpc) is 2.04. The van der Waals surface area contributed by atoms with Gasteiger partial charge in [-0.3, -0.25) is 0 Å². The lowest BCUT2D eigenvalue weighted by atomic mass is 10.0. The van der Waals surface area contributed by atoms with Crippen molar-refractivity contribution < 1.29 is 0 Å². The predicted octanol–water partition coefficient (Wildman–Crippen LogP) is 3.76. The molecule has 1 rings (SSSR count). The zero-order valence-corrected chi connectivity index (χ0v) is 10.6. The van der Waals surface area contributed by atoms with Crippen molar-refractivity contribution >= 4 is 28.3 Å². The molecule has 0 saturated heterocycles. The van der Waals surface area contributed by atoms with E-state index in [1.165, 1.54) is 5.56 Å². The molecule has 0 amide bonds. The minimum absolute atomic E-state index is 0. The van der Waals surface area contributed by atoms with Crippen molar-refractivity contribution in [2.24, 2.45) is 5.73 Å². The molecule has 3 heteroatoms. The first-order valence-corrected chi connectivity index (χ1v) is 5.07. The van der Waals surface area contributed by atoms with Crippen molar-refractivity contribution in [2.45, 2.75) is 19.4 Å². The van der Waals surface area contributed by atoms with Gasteiger partial charge < -0.3 is 5.73 Å². The molecule has 78 valence electrons. The first-order chi connectivity index (χ1) is 6.15. The maximum absolute atomic E-state index is 5.96. The second-order valence-corrected chi connectivity index (χ2v) is 4.01. The van der Waals surface area contributed by atoms with Crippen molar-refractivity contribution in [1.82, 2.24) is 0 Å². The minimum Gasteiger partial charge on any atom is -0.324 e. The van der Waals surface area contributed by atoms with Crippen molar-refractivity contribution in [3.8, 4) is 0 Å². The van der Waals surface area contributed by atoms with Gasteiger partial charge in [0.2, 0.25) is 0 Å². The summed E-state index contributed by atoms with van der Waals surface area (Å²) in [7, 11) is 0. The van der Waals surface area contributed by atoms with Gasteiger partial charge in [0.25, 0.3) is 0 Å². The van der Waals surface area contributed by atoms with E-state index in [4.69, 9.17) is 5.73 Å². The molecule has 1 atom stereocenters. The Hall–Kier alpha value is -0.310. The van der Waals surface area contributed by atoms with Crippen LogP contribution in [0.3, 0.4) is 0 Å². The van der Waals surface area contributed by atoms with Crippen LogP contribution < -0.4 is 5.73 Å². The van der Waals surface area contributed by atoms with E-state index in [0.29, 0.717) is 0 Å². The third-order valence-corrected chi connectivity index (χ3v) is 2.66. The molecule has 1 aromatic carbocycles. The van der Waals surface area contributed by atoms with E-state index in [1.54, 1.807) is 0 Å². The molecule has 0 bridgehead atoms. The summed E-state index contributed by atoms with van der Waals surface area (Å²) in [6.45, 7) is 5.74. The Morgan fingerprint density at radius 1 is 1.57 bits per heavy atom. The van der Waals surface area contributed by atoms with Crippen LogP contribution in [0, 0.1) is 6.92 Å². The van der Waals surface area contributed by atoms with Crippen LogP contribution in [0.4, 0.5) is 0 Å². The van der Waals surface area contributed by atoms with Gasteiger partial charge >= 0.3 is 0 Å². The smallest absolute Gasteiger partial charge is 0.0340 e. The first-order valence-electron chi connectivity index (χ1n) is 4.27. The lowest BCUT2D eigenvalue weighted by Gasteiger charge is -2.11. The third kappa shape index (κ3) is 3.45. The quantitative estimate of drug-likeness (QED) is 0.836. The van der Waals surface area contributed by atoms with E-state index in [2.05, 4.69) is 47.6 Å². The van der Waals surface area contributed by atoms with Crippen LogP contribution in [-0.4, -0.2) is 0 Å². The van der Waals surface area contributed by atoms with Crippen molar-refractivity contribution in [3.05, 3.63) is 46.5 Å². The van der Waals surface area contributed by atoms with Gasteiger partial charge in [0, 0.05) is 10.5 Å². The lowest BCUT2D eigenvalue weighted by molar-refractivity contribution is 0.737. The molecule has 2 N–H and O–H groups in total. The molecule has 0 aromatic heterocycles. The van der Waals surface area contributed by atoms with Gasteiger partial charge in [-0.1, -0.05) is 34.1 Å². The van der Waals surface area contributed by atoms with E-state index in [-0.39, 0.29) is 18.4 Å². The van der Waals surface area contributed by atoms with Gasteiger partial charge in [-0.25, -0.2) is 0 Å². The molecule has 1 nitrogen and oxygen atoms in total. The predicted molar refractivity (Wildman–Crippen MR) is 67.9 cm³/mol. The summed E-state index contributed by atoms with van der Waals surface area (Å²) in [5, 5.41) is 0. The fourth-order valence-corrected chi connectivity index (χ4v) is 2.03. The van der Waals surface area contributed by atoms with E-state index in [1.807, 2.05) is 6.08 Å². The summed E-state index contributed by atoms with van der Waals surface area (Å²) in [6, 6.07) is 6.27. The molecule has 0 unspecified atom stereocenters. The molecule has 0 heterocycles. The largest absolute Gasteiger partial charge is 0.324 e. The molecule has 1 aromatic rings. The van der Waals surface area contributed by atoms with E-state index in [0.717, 1.165) is 16.5 Å². The fourth-order valence-electron chi connectivity index (χ4n) is 1.24. The molecule has 0 aliphatic rings. The van der Waals surface area contributed by atoms with E-state index < -0.39 is 0 Å². The molecule has 0 radical (unpaired) electrons. The first kappa shape index (κ1) is 13.7. The summed E-state index contributed by atoms with van der Waals surface area (Å²) in [6.07, 6.45) is 2.65. The van der Waals surface area contributed by atoms with Crippen LogP contribution in [0.1, 0.15) is 23.6 Å². The number of benzene rings is 1. The summed E-state index contributed by atoms with van der Waals surface area (Å²) >= 11 is 3.50. The molecular weight excluding hydrogens is 261 g/mol. The number of nitrogens with two attached hydrogens (primary N) is 1. The average molecular weight is 277 g/mol. The maximum Gasteiger partial charge on any atom is 0.0340 e. The molecular formula is C11H15BrClN. The van der Waals surface area contributed by atoms with E-state index in [9.17, 15) is 0 Å². The SMILES string of the molecule is C=CC[C@@H](N)c1ccc(C)cc1Br.Cl. The highest BCUT2D eigenvalue weighted by Gasteiger charge is 2.07. The van der Waals surface area contributed by atoms with Crippen LogP contribution in [-0.2, 0) is 0 Å². The van der Waals surface area contributed by atoms with E-state index >= 15 is 0 Å². The molecule has 0 spiro atoms. The van der Waals surface area contributed by atoms with Gasteiger partial charge in [-0.2, -0.15) is 0 Å². The van der Waals surface area contributed by atoms with Gasteiger partial charge in [0.05, 0.1) is 0 Å². The Bertz CT molecular complexity index is 312. The van der Waals surface area contributed by atoms with Crippen LogP contribution >= 0.6 is 28.3 Å². The van der Waals surface area contributed by atoms with Gasteiger partial charge in [0.1, 0.15) is 0 Å². The minimum atomic E-state index is 0. The summed E-state index contributed by atoms with van der Waals surface area (Å²) in [5.74, 6) is 0. The Morgan fingerprint density at radius 2 is 2.21 bits per heavy atom. The second-order valence-electron chi connectivity index (χ2n) is 3.16. The zero-order valence-electron chi connectivity index (χ0n) is 8.16. The topological polar surface area (TPSA) is 26.0 Å². The summed E-state index contributed by atoms with van der Waals surface area (Å²) < 4.78 is 1.09. The fraction of sp³-hybridized carbons (Fsp3) is 0.273. The zero-order chi connectivity index (χ0) is 9.84. The Balaban J connectivity index is 0.00000169. The maximum atomic E-state index is 5.96. The van der Waals surface area contributed by atoms with Gasteiger partial charge in [0.15, 0.2) is 0 Å². The standard InChI is InChI=1S/C11H14BrN.ClH/c1-3-4-11(13)9-6-5-8(2)7-10(9)12;/h3,5-7,11H,1,4,13H2,2H3;1H/t11-;/m1./s1. The number of aryl methyl sites for hydroxylation is 1. The highest BCUT2D eigenvalue weighted by atomic mass is 79.9. The normalized spacial score (nSPS) is 11.6. The molecule has 14 heavy (non-hydrogen) atoms. The lowest BCUT2D eigenvalue weighted by Crippen LogP contribution is -2.09. The Kier molecular flexibility index (Phi) is 6.09. The van der Waals surface area contributed by atoms with Gasteiger partial charge in [-0.15, -0.1) is 19.0 Å². The molecule has 0 saturated carbocycles. The number of hydrogen-bond donors (Lipinski definition) is 1. The number of halogens is 2. The highest BCUT2D eigenvalue weighted by molar-refractivity contribution is 9.10. The molecule has 0 aliphatic carbocycles. The van der Waals surface area contributed by atoms with Crippen molar-refractivity contribution in [3.63, 3.8) is 0 Å². The van der Waals surface area contributed by atoms with Crippen LogP contribution in [0.25, 0.3) is 0 Å². The Morgan fingerprint density at radius 3 is 2.71 bits per heavy atom.